The van der Waals surface area contributed by atoms with Crippen molar-refractivity contribution in [1.29, 1.82) is 0 Å². The molecule has 0 aromatic heterocycles. The normalized spacial score (nSPS) is 9.92. The van der Waals surface area contributed by atoms with Crippen LogP contribution in [0.5, 0.6) is 5.75 Å². The number of aryl methyl sites for hydroxylation is 1. The smallest absolute Gasteiger partial charge is 0.133 e. The van der Waals surface area contributed by atoms with E-state index >= 15 is 0 Å². The van der Waals surface area contributed by atoms with E-state index in [1.807, 2.05) is 12.1 Å². The van der Waals surface area contributed by atoms with Gasteiger partial charge < -0.3 is 4.74 Å². The van der Waals surface area contributed by atoms with Crippen LogP contribution >= 0.6 is 15.9 Å². The molecule has 0 unspecified atom stereocenters. The van der Waals surface area contributed by atoms with Gasteiger partial charge in [-0.2, -0.15) is 0 Å². The summed E-state index contributed by atoms with van der Waals surface area (Å²) in [6.07, 6.45) is 1.04. The topological polar surface area (TPSA) is 9.23 Å². The van der Waals surface area contributed by atoms with Gasteiger partial charge in [0.15, 0.2) is 0 Å². The Balaban J connectivity index is 2.75. The van der Waals surface area contributed by atoms with Gasteiger partial charge in [-0.1, -0.05) is 13.0 Å². The fourth-order valence-electron chi connectivity index (χ4n) is 0.933. The molecule has 0 fully saturated rings. The standard InChI is InChI=1S/C10H13BrO/c1-3-6-12-10-7-8(2)4-5-9(10)11/h4-5,7H,3,6H2,1-2H3. The zero-order valence-corrected chi connectivity index (χ0v) is 9.02. The van der Waals surface area contributed by atoms with Gasteiger partial charge in [-0.3, -0.25) is 0 Å². The van der Waals surface area contributed by atoms with Crippen molar-refractivity contribution in [3.63, 3.8) is 0 Å². The third-order valence-corrected chi connectivity index (χ3v) is 2.20. The molecule has 0 heterocycles. The van der Waals surface area contributed by atoms with E-state index in [4.69, 9.17) is 4.74 Å². The molecule has 66 valence electrons. The third-order valence-electron chi connectivity index (χ3n) is 1.55. The maximum absolute atomic E-state index is 5.52. The van der Waals surface area contributed by atoms with Gasteiger partial charge >= 0.3 is 0 Å². The van der Waals surface area contributed by atoms with Crippen LogP contribution in [-0.2, 0) is 0 Å². The summed E-state index contributed by atoms with van der Waals surface area (Å²) in [7, 11) is 0. The summed E-state index contributed by atoms with van der Waals surface area (Å²) >= 11 is 3.44. The lowest BCUT2D eigenvalue weighted by Crippen LogP contribution is -1.95. The Kier molecular flexibility index (Phi) is 3.60. The molecular weight excluding hydrogens is 216 g/mol. The van der Waals surface area contributed by atoms with Crippen molar-refractivity contribution < 1.29 is 4.74 Å². The minimum atomic E-state index is 0.780. The molecule has 0 aliphatic rings. The first-order valence-electron chi connectivity index (χ1n) is 4.13. The summed E-state index contributed by atoms with van der Waals surface area (Å²) in [6, 6.07) is 6.11. The van der Waals surface area contributed by atoms with Crippen LogP contribution in [0.2, 0.25) is 0 Å². The van der Waals surface area contributed by atoms with Crippen molar-refractivity contribution in [2.45, 2.75) is 20.3 Å². The van der Waals surface area contributed by atoms with E-state index in [0.29, 0.717) is 0 Å². The van der Waals surface area contributed by atoms with E-state index < -0.39 is 0 Å². The maximum Gasteiger partial charge on any atom is 0.133 e. The summed E-state index contributed by atoms with van der Waals surface area (Å²) < 4.78 is 6.55. The Bertz CT molecular complexity index is 258. The quantitative estimate of drug-likeness (QED) is 0.770. The molecule has 0 radical (unpaired) electrons. The van der Waals surface area contributed by atoms with E-state index in [0.717, 1.165) is 23.2 Å². The molecule has 0 amide bonds. The molecule has 1 rings (SSSR count). The van der Waals surface area contributed by atoms with Crippen molar-refractivity contribution >= 4 is 15.9 Å². The number of hydrogen-bond acceptors (Lipinski definition) is 1. The Hall–Kier alpha value is -0.500. The molecule has 0 aliphatic carbocycles. The minimum Gasteiger partial charge on any atom is -0.492 e. The van der Waals surface area contributed by atoms with E-state index in [1.54, 1.807) is 0 Å². The van der Waals surface area contributed by atoms with E-state index in [9.17, 15) is 0 Å². The van der Waals surface area contributed by atoms with Crippen molar-refractivity contribution in [2.24, 2.45) is 0 Å². The van der Waals surface area contributed by atoms with Crippen molar-refractivity contribution in [2.75, 3.05) is 6.61 Å². The largest absolute Gasteiger partial charge is 0.492 e. The summed E-state index contributed by atoms with van der Waals surface area (Å²) in [5.41, 5.74) is 1.23. The number of rotatable bonds is 3. The van der Waals surface area contributed by atoms with Crippen LogP contribution in [0.25, 0.3) is 0 Å². The fourth-order valence-corrected chi connectivity index (χ4v) is 1.29. The van der Waals surface area contributed by atoms with Crippen LogP contribution in [0, 0.1) is 6.92 Å². The molecule has 2 heteroatoms. The lowest BCUT2D eigenvalue weighted by Gasteiger charge is -2.07. The lowest BCUT2D eigenvalue weighted by atomic mass is 10.2. The summed E-state index contributed by atoms with van der Waals surface area (Å²) in [5, 5.41) is 0. The average molecular weight is 229 g/mol. The molecule has 0 saturated carbocycles. The fraction of sp³-hybridized carbons (Fsp3) is 0.400. The molecule has 0 saturated heterocycles. The number of benzene rings is 1. The van der Waals surface area contributed by atoms with Gasteiger partial charge in [0, 0.05) is 0 Å². The second-order valence-corrected chi connectivity index (χ2v) is 3.64. The summed E-state index contributed by atoms with van der Waals surface area (Å²) in [5.74, 6) is 0.942. The molecule has 0 N–H and O–H groups in total. The highest BCUT2D eigenvalue weighted by Crippen LogP contribution is 2.25. The maximum atomic E-state index is 5.52. The van der Waals surface area contributed by atoms with Crippen LogP contribution in [-0.4, -0.2) is 6.61 Å². The first kappa shape index (κ1) is 9.59. The summed E-state index contributed by atoms with van der Waals surface area (Å²) in [6.45, 7) is 4.94. The van der Waals surface area contributed by atoms with Gasteiger partial charge in [0.1, 0.15) is 5.75 Å². The molecule has 0 spiro atoms. The second kappa shape index (κ2) is 4.51. The van der Waals surface area contributed by atoms with Crippen molar-refractivity contribution in [3.8, 4) is 5.75 Å². The number of ether oxygens (including phenoxy) is 1. The van der Waals surface area contributed by atoms with Crippen LogP contribution in [0.4, 0.5) is 0 Å². The molecule has 0 aliphatic heterocycles. The van der Waals surface area contributed by atoms with Gasteiger partial charge in [0.2, 0.25) is 0 Å². The average Bonchev–Trinajstić information content (AvgIpc) is 2.07. The Morgan fingerprint density at radius 2 is 2.17 bits per heavy atom. The predicted molar refractivity (Wildman–Crippen MR) is 54.7 cm³/mol. The van der Waals surface area contributed by atoms with E-state index in [-0.39, 0.29) is 0 Å². The Morgan fingerprint density at radius 1 is 1.42 bits per heavy atom. The molecule has 1 aromatic rings. The zero-order valence-electron chi connectivity index (χ0n) is 7.43. The highest BCUT2D eigenvalue weighted by molar-refractivity contribution is 9.10. The monoisotopic (exact) mass is 228 g/mol. The lowest BCUT2D eigenvalue weighted by molar-refractivity contribution is 0.315. The second-order valence-electron chi connectivity index (χ2n) is 2.78. The van der Waals surface area contributed by atoms with E-state index in [2.05, 4.69) is 35.8 Å². The molecule has 1 aromatic carbocycles. The molecule has 0 atom stereocenters. The van der Waals surface area contributed by atoms with Gasteiger partial charge in [-0.15, -0.1) is 0 Å². The van der Waals surface area contributed by atoms with Crippen LogP contribution < -0.4 is 4.74 Å². The van der Waals surface area contributed by atoms with Gasteiger partial charge in [0.25, 0.3) is 0 Å². The highest BCUT2D eigenvalue weighted by atomic mass is 79.9. The molecular formula is C10H13BrO. The molecule has 1 nitrogen and oxygen atoms in total. The first-order chi connectivity index (χ1) is 5.74. The van der Waals surface area contributed by atoms with Gasteiger partial charge in [-0.25, -0.2) is 0 Å². The van der Waals surface area contributed by atoms with Crippen molar-refractivity contribution in [1.82, 2.24) is 0 Å². The predicted octanol–water partition coefficient (Wildman–Crippen LogP) is 3.55. The molecule has 0 bridgehead atoms. The Labute approximate surface area is 81.9 Å². The van der Waals surface area contributed by atoms with Gasteiger partial charge in [-0.05, 0) is 47.0 Å². The first-order valence-corrected chi connectivity index (χ1v) is 4.92. The third kappa shape index (κ3) is 2.52. The van der Waals surface area contributed by atoms with Crippen LogP contribution in [0.3, 0.4) is 0 Å². The number of halogens is 1. The van der Waals surface area contributed by atoms with Gasteiger partial charge in [0.05, 0.1) is 11.1 Å². The Morgan fingerprint density at radius 3 is 2.83 bits per heavy atom. The number of hydrogen-bond donors (Lipinski definition) is 0. The van der Waals surface area contributed by atoms with Crippen molar-refractivity contribution in [3.05, 3.63) is 28.2 Å². The van der Waals surface area contributed by atoms with E-state index in [1.165, 1.54) is 5.56 Å². The molecule has 12 heavy (non-hydrogen) atoms. The highest BCUT2D eigenvalue weighted by Gasteiger charge is 1.99. The summed E-state index contributed by atoms with van der Waals surface area (Å²) in [4.78, 5) is 0. The SMILES string of the molecule is CCCOc1cc(C)ccc1Br. The zero-order chi connectivity index (χ0) is 8.97. The minimum absolute atomic E-state index is 0.780. The van der Waals surface area contributed by atoms with Crippen LogP contribution in [0.15, 0.2) is 22.7 Å². The van der Waals surface area contributed by atoms with Crippen LogP contribution in [0.1, 0.15) is 18.9 Å².